The third-order valence-electron chi connectivity index (χ3n) is 6.21. The number of aromatic nitrogens is 2. The molecule has 12 nitrogen and oxygen atoms in total. The molecular weight excluding hydrogens is 490 g/mol. The van der Waals surface area contributed by atoms with Crippen molar-refractivity contribution >= 4 is 33.2 Å². The van der Waals surface area contributed by atoms with E-state index in [1.807, 2.05) is 11.0 Å². The van der Waals surface area contributed by atoms with Gasteiger partial charge in [-0.15, -0.1) is 0 Å². The van der Waals surface area contributed by atoms with Gasteiger partial charge in [0.15, 0.2) is 11.3 Å². The molecule has 190 valence electrons. The number of anilines is 2. The van der Waals surface area contributed by atoms with E-state index in [0.717, 1.165) is 9.87 Å². The van der Waals surface area contributed by atoms with E-state index in [1.54, 1.807) is 30.3 Å². The fourth-order valence-corrected chi connectivity index (χ4v) is 5.59. The first kappa shape index (κ1) is 24.0. The van der Waals surface area contributed by atoms with Crippen LogP contribution in [0.4, 0.5) is 11.4 Å². The standard InChI is InChI=1S/C23H25N5O7S/c1-25-7-8-28(36(25,32)33)18-13-17(26-9-11-34-12-10-26)14-27-21(18)24-19(23(30)31)20(22(27)29)35-15-16-5-3-2-4-6-16/h2-6,13-14H,7-12,15H2,1H3,(H,30,31). The van der Waals surface area contributed by atoms with Crippen LogP contribution in [-0.4, -0.2) is 79.6 Å². The Bertz CT molecular complexity index is 1470. The zero-order chi connectivity index (χ0) is 25.4. The number of rotatable bonds is 6. The first-order chi connectivity index (χ1) is 17.3. The van der Waals surface area contributed by atoms with E-state index in [0.29, 0.717) is 32.0 Å². The van der Waals surface area contributed by atoms with Crippen molar-refractivity contribution in [3.63, 3.8) is 0 Å². The Labute approximate surface area is 207 Å². The summed E-state index contributed by atoms with van der Waals surface area (Å²) in [6, 6.07) is 10.6. The molecule has 5 rings (SSSR count). The van der Waals surface area contributed by atoms with Crippen LogP contribution in [0.15, 0.2) is 47.4 Å². The molecule has 4 heterocycles. The van der Waals surface area contributed by atoms with Gasteiger partial charge in [-0.05, 0) is 11.6 Å². The third kappa shape index (κ3) is 4.25. The van der Waals surface area contributed by atoms with Crippen molar-refractivity contribution in [1.82, 2.24) is 13.7 Å². The van der Waals surface area contributed by atoms with Crippen molar-refractivity contribution in [1.29, 1.82) is 0 Å². The molecular formula is C23H25N5O7S. The molecule has 36 heavy (non-hydrogen) atoms. The number of likely N-dealkylation sites (N-methyl/N-ethyl adjacent to an activating group) is 1. The van der Waals surface area contributed by atoms with Crippen LogP contribution in [0.5, 0.6) is 5.75 Å². The number of pyridine rings is 1. The highest BCUT2D eigenvalue weighted by Gasteiger charge is 2.36. The molecule has 0 bridgehead atoms. The van der Waals surface area contributed by atoms with Gasteiger partial charge >= 0.3 is 21.7 Å². The second-order valence-corrected chi connectivity index (χ2v) is 10.4. The van der Waals surface area contributed by atoms with E-state index < -0.39 is 33.2 Å². The van der Waals surface area contributed by atoms with Crippen molar-refractivity contribution in [3.8, 4) is 5.75 Å². The average Bonchev–Trinajstić information content (AvgIpc) is 3.15. The predicted molar refractivity (Wildman–Crippen MR) is 131 cm³/mol. The summed E-state index contributed by atoms with van der Waals surface area (Å²) in [6.45, 7) is 2.39. The van der Waals surface area contributed by atoms with E-state index in [4.69, 9.17) is 9.47 Å². The molecule has 0 spiro atoms. The second-order valence-electron chi connectivity index (χ2n) is 8.45. The van der Waals surface area contributed by atoms with Gasteiger partial charge in [0, 0.05) is 39.4 Å². The van der Waals surface area contributed by atoms with Crippen molar-refractivity contribution in [2.45, 2.75) is 6.61 Å². The predicted octanol–water partition coefficient (Wildman–Crippen LogP) is 0.805. The van der Waals surface area contributed by atoms with Crippen LogP contribution in [0.25, 0.3) is 5.65 Å². The minimum absolute atomic E-state index is 0.0363. The number of carboxylic acid groups (broad SMARTS) is 1. The number of carbonyl (C=O) groups is 1. The average molecular weight is 516 g/mol. The van der Waals surface area contributed by atoms with E-state index in [1.165, 1.54) is 22.0 Å². The normalized spacial score (nSPS) is 18.0. The molecule has 2 aliphatic heterocycles. The van der Waals surface area contributed by atoms with Crippen molar-refractivity contribution in [3.05, 3.63) is 64.2 Å². The molecule has 2 aromatic heterocycles. The summed E-state index contributed by atoms with van der Waals surface area (Å²) >= 11 is 0. The van der Waals surface area contributed by atoms with E-state index >= 15 is 0 Å². The maximum Gasteiger partial charge on any atom is 0.358 e. The van der Waals surface area contributed by atoms with Gasteiger partial charge in [-0.1, -0.05) is 30.3 Å². The molecule has 1 N–H and O–H groups in total. The Morgan fingerprint density at radius 1 is 1.14 bits per heavy atom. The fourth-order valence-electron chi connectivity index (χ4n) is 4.25. The molecule has 3 aromatic rings. The number of benzene rings is 1. The van der Waals surface area contributed by atoms with E-state index in [9.17, 15) is 23.1 Å². The molecule has 0 radical (unpaired) electrons. The summed E-state index contributed by atoms with van der Waals surface area (Å²) in [5, 5.41) is 9.85. The highest BCUT2D eigenvalue weighted by atomic mass is 32.2. The van der Waals surface area contributed by atoms with Gasteiger partial charge in [0.25, 0.3) is 0 Å². The summed E-state index contributed by atoms with van der Waals surface area (Å²) in [5.41, 5.74) is 0.0487. The summed E-state index contributed by atoms with van der Waals surface area (Å²) in [4.78, 5) is 31.9. The lowest BCUT2D eigenvalue weighted by atomic mass is 10.2. The number of carboxylic acids is 1. The Hall–Kier alpha value is -3.68. The minimum atomic E-state index is -3.87. The monoisotopic (exact) mass is 515 g/mol. The third-order valence-corrected chi connectivity index (χ3v) is 8.12. The number of ether oxygens (including phenoxy) is 2. The zero-order valence-electron chi connectivity index (χ0n) is 19.5. The van der Waals surface area contributed by atoms with Crippen molar-refractivity contribution in [2.24, 2.45) is 0 Å². The van der Waals surface area contributed by atoms with Gasteiger partial charge in [-0.3, -0.25) is 13.5 Å². The van der Waals surface area contributed by atoms with Gasteiger partial charge < -0.3 is 19.5 Å². The summed E-state index contributed by atoms with van der Waals surface area (Å²) in [6.07, 6.45) is 1.53. The molecule has 2 aliphatic rings. The fraction of sp³-hybridized carbons (Fsp3) is 0.348. The Kier molecular flexibility index (Phi) is 6.28. The summed E-state index contributed by atoms with van der Waals surface area (Å²) in [7, 11) is -2.41. The lowest BCUT2D eigenvalue weighted by Gasteiger charge is -2.30. The number of hydrogen-bond acceptors (Lipinski definition) is 8. The minimum Gasteiger partial charge on any atom is -0.481 e. The van der Waals surface area contributed by atoms with Crippen LogP contribution < -0.4 is 19.5 Å². The van der Waals surface area contributed by atoms with Crippen LogP contribution >= 0.6 is 0 Å². The Morgan fingerprint density at radius 2 is 1.86 bits per heavy atom. The number of fused-ring (bicyclic) bond motifs is 1. The van der Waals surface area contributed by atoms with Crippen LogP contribution in [0.1, 0.15) is 16.1 Å². The van der Waals surface area contributed by atoms with Crippen LogP contribution in [-0.2, 0) is 21.6 Å². The van der Waals surface area contributed by atoms with Crippen LogP contribution in [0, 0.1) is 0 Å². The highest BCUT2D eigenvalue weighted by molar-refractivity contribution is 7.90. The maximum absolute atomic E-state index is 13.6. The maximum atomic E-state index is 13.6. The Balaban J connectivity index is 1.71. The van der Waals surface area contributed by atoms with Gasteiger partial charge in [0.05, 0.1) is 24.6 Å². The highest BCUT2D eigenvalue weighted by Crippen LogP contribution is 2.32. The number of aromatic carboxylic acids is 1. The Morgan fingerprint density at radius 3 is 2.50 bits per heavy atom. The number of hydrogen-bond donors (Lipinski definition) is 1. The van der Waals surface area contributed by atoms with Crippen molar-refractivity contribution < 1.29 is 27.8 Å². The largest absolute Gasteiger partial charge is 0.481 e. The molecule has 13 heteroatoms. The first-order valence-electron chi connectivity index (χ1n) is 11.3. The van der Waals surface area contributed by atoms with E-state index in [2.05, 4.69) is 4.98 Å². The molecule has 1 aromatic carbocycles. The molecule has 0 aliphatic carbocycles. The molecule has 2 saturated heterocycles. The smallest absolute Gasteiger partial charge is 0.358 e. The molecule has 0 saturated carbocycles. The van der Waals surface area contributed by atoms with Gasteiger partial charge in [0.1, 0.15) is 6.61 Å². The SMILES string of the molecule is CN1CCN(c2cc(N3CCOCC3)cn3c(=O)c(OCc4ccccc4)c(C(=O)O)nc23)S1(=O)=O. The lowest BCUT2D eigenvalue weighted by molar-refractivity contribution is 0.0684. The van der Waals surface area contributed by atoms with E-state index in [-0.39, 0.29) is 31.0 Å². The number of nitrogens with zero attached hydrogens (tertiary/aromatic N) is 5. The van der Waals surface area contributed by atoms with Crippen LogP contribution in [0.3, 0.4) is 0 Å². The molecule has 0 atom stereocenters. The molecule has 0 unspecified atom stereocenters. The summed E-state index contributed by atoms with van der Waals surface area (Å²) < 4.78 is 40.6. The topological polar surface area (TPSA) is 134 Å². The van der Waals surface area contributed by atoms with Gasteiger partial charge in [0.2, 0.25) is 5.75 Å². The van der Waals surface area contributed by atoms with Gasteiger partial charge in [-0.2, -0.15) is 12.7 Å². The lowest BCUT2D eigenvalue weighted by Crippen LogP contribution is -2.37. The van der Waals surface area contributed by atoms with Gasteiger partial charge in [-0.25, -0.2) is 9.78 Å². The quantitative estimate of drug-likeness (QED) is 0.506. The van der Waals surface area contributed by atoms with Crippen LogP contribution in [0.2, 0.25) is 0 Å². The molecule has 2 fully saturated rings. The summed E-state index contributed by atoms with van der Waals surface area (Å²) in [5.74, 6) is -1.88. The zero-order valence-corrected chi connectivity index (χ0v) is 20.3. The van der Waals surface area contributed by atoms with Crippen molar-refractivity contribution in [2.75, 3.05) is 55.6 Å². The molecule has 0 amide bonds. The number of morpholine rings is 1. The second kappa shape index (κ2) is 9.41. The first-order valence-corrected chi connectivity index (χ1v) is 12.7.